The minimum absolute atomic E-state index is 0.0972. The Morgan fingerprint density at radius 1 is 0.960 bits per heavy atom. The third kappa shape index (κ3) is 9.71. The van der Waals surface area contributed by atoms with Crippen LogP contribution in [-0.4, -0.2) is 59.6 Å². The van der Waals surface area contributed by atoms with Crippen molar-refractivity contribution in [3.05, 3.63) is 12.7 Å². The Labute approximate surface area is 153 Å². The zero-order valence-corrected chi connectivity index (χ0v) is 15.7. The van der Waals surface area contributed by atoms with E-state index in [-0.39, 0.29) is 13.2 Å². The van der Waals surface area contributed by atoms with Gasteiger partial charge in [0.25, 0.3) is 0 Å². The van der Waals surface area contributed by atoms with E-state index in [1.807, 2.05) is 6.08 Å². The Morgan fingerprint density at radius 2 is 1.52 bits per heavy atom. The van der Waals surface area contributed by atoms with Crippen molar-refractivity contribution in [1.29, 1.82) is 0 Å². The molecule has 3 N–H and O–H groups in total. The summed E-state index contributed by atoms with van der Waals surface area (Å²) in [6, 6.07) is 0. The van der Waals surface area contributed by atoms with Gasteiger partial charge in [-0.25, -0.2) is 0 Å². The molecule has 1 heterocycles. The zero-order chi connectivity index (χ0) is 18.3. The Bertz CT molecular complexity index is 323. The maximum absolute atomic E-state index is 9.79. The molecule has 0 aromatic rings. The second kappa shape index (κ2) is 14.7. The number of hydrogen-bond acceptors (Lipinski definition) is 5. The maximum atomic E-state index is 9.79. The van der Waals surface area contributed by atoms with E-state index in [2.05, 4.69) is 6.58 Å². The minimum Gasteiger partial charge on any atom is -0.394 e. The van der Waals surface area contributed by atoms with Crippen LogP contribution < -0.4 is 0 Å². The minimum atomic E-state index is -0.978. The van der Waals surface area contributed by atoms with Crippen molar-refractivity contribution in [1.82, 2.24) is 0 Å². The van der Waals surface area contributed by atoms with Gasteiger partial charge >= 0.3 is 0 Å². The van der Waals surface area contributed by atoms with Gasteiger partial charge < -0.3 is 24.8 Å². The lowest BCUT2D eigenvalue weighted by Gasteiger charge is -2.24. The summed E-state index contributed by atoms with van der Waals surface area (Å²) in [7, 11) is 0. The van der Waals surface area contributed by atoms with Gasteiger partial charge in [0.05, 0.1) is 13.2 Å². The number of unbranched alkanes of at least 4 members (excludes halogenated alkanes) is 10. The number of ether oxygens (including phenoxy) is 2. The number of rotatable bonds is 16. The van der Waals surface area contributed by atoms with Crippen molar-refractivity contribution in [2.45, 2.75) is 95.0 Å². The van der Waals surface area contributed by atoms with Crippen molar-refractivity contribution in [3.63, 3.8) is 0 Å². The SMILES string of the molecule is C=CCCCCCCCCCCCCO[C@H](CO)[C@@H]1OC[C@H](O)[C@@H]1O. The largest absolute Gasteiger partial charge is 0.394 e. The summed E-state index contributed by atoms with van der Waals surface area (Å²) < 4.78 is 10.9. The van der Waals surface area contributed by atoms with Gasteiger partial charge in [0.15, 0.2) is 0 Å². The molecule has 0 spiro atoms. The average molecular weight is 359 g/mol. The summed E-state index contributed by atoms with van der Waals surface area (Å²) in [6.45, 7) is 4.18. The van der Waals surface area contributed by atoms with E-state index in [4.69, 9.17) is 9.47 Å². The first-order valence-corrected chi connectivity index (χ1v) is 10.0. The van der Waals surface area contributed by atoms with Gasteiger partial charge in [-0.2, -0.15) is 0 Å². The van der Waals surface area contributed by atoms with Crippen molar-refractivity contribution >= 4 is 0 Å². The molecule has 5 nitrogen and oxygen atoms in total. The van der Waals surface area contributed by atoms with Crippen LogP contribution >= 0.6 is 0 Å². The highest BCUT2D eigenvalue weighted by Gasteiger charge is 2.40. The van der Waals surface area contributed by atoms with E-state index in [1.54, 1.807) is 0 Å². The summed E-state index contributed by atoms with van der Waals surface area (Å²) in [6.07, 6.45) is 12.6. The van der Waals surface area contributed by atoms with Crippen LogP contribution in [0, 0.1) is 0 Å². The molecule has 1 aliphatic rings. The molecule has 1 fully saturated rings. The molecule has 5 heteroatoms. The summed E-state index contributed by atoms with van der Waals surface area (Å²) in [5.74, 6) is 0. The third-order valence-corrected chi connectivity index (χ3v) is 4.87. The van der Waals surface area contributed by atoms with Crippen LogP contribution in [0.1, 0.15) is 70.6 Å². The first-order chi connectivity index (χ1) is 12.2. The van der Waals surface area contributed by atoms with Crippen LogP contribution in [0.5, 0.6) is 0 Å². The van der Waals surface area contributed by atoms with Crippen molar-refractivity contribution in [3.8, 4) is 0 Å². The number of aliphatic hydroxyl groups is 3. The molecule has 0 unspecified atom stereocenters. The number of hydrogen-bond donors (Lipinski definition) is 3. The van der Waals surface area contributed by atoms with Gasteiger partial charge in [0.1, 0.15) is 24.4 Å². The highest BCUT2D eigenvalue weighted by atomic mass is 16.6. The van der Waals surface area contributed by atoms with Crippen LogP contribution in [0.25, 0.3) is 0 Å². The lowest BCUT2D eigenvalue weighted by molar-refractivity contribution is -0.101. The molecular weight excluding hydrogens is 320 g/mol. The van der Waals surface area contributed by atoms with Gasteiger partial charge in [-0.3, -0.25) is 0 Å². The molecule has 0 radical (unpaired) electrons. The molecule has 0 aromatic heterocycles. The van der Waals surface area contributed by atoms with E-state index in [0.717, 1.165) is 19.3 Å². The molecular formula is C20H38O5. The lowest BCUT2D eigenvalue weighted by atomic mass is 10.1. The van der Waals surface area contributed by atoms with Crippen LogP contribution in [0.3, 0.4) is 0 Å². The van der Waals surface area contributed by atoms with Crippen molar-refractivity contribution in [2.75, 3.05) is 19.8 Å². The topological polar surface area (TPSA) is 79.2 Å². The molecule has 0 saturated carbocycles. The van der Waals surface area contributed by atoms with Gasteiger partial charge in [-0.05, 0) is 19.3 Å². The fourth-order valence-electron chi connectivity index (χ4n) is 3.24. The summed E-state index contributed by atoms with van der Waals surface area (Å²) in [4.78, 5) is 0. The van der Waals surface area contributed by atoms with Gasteiger partial charge in [0, 0.05) is 6.61 Å². The Morgan fingerprint density at radius 3 is 2.00 bits per heavy atom. The molecule has 148 valence electrons. The third-order valence-electron chi connectivity index (χ3n) is 4.87. The van der Waals surface area contributed by atoms with Crippen molar-refractivity contribution in [2.24, 2.45) is 0 Å². The standard InChI is InChI=1S/C20H38O5/c1-2-3-4-5-6-7-8-9-10-11-12-13-14-24-18(15-21)20-19(23)17(22)16-25-20/h2,17-23H,1,3-16H2/t17-,18+,19-,20-/m0/s1. The second-order valence-electron chi connectivity index (χ2n) is 7.06. The van der Waals surface area contributed by atoms with Crippen LogP contribution in [0.2, 0.25) is 0 Å². The average Bonchev–Trinajstić information content (AvgIpc) is 2.95. The van der Waals surface area contributed by atoms with Crippen LogP contribution in [0.4, 0.5) is 0 Å². The van der Waals surface area contributed by atoms with Gasteiger partial charge in [0.2, 0.25) is 0 Å². The van der Waals surface area contributed by atoms with E-state index in [0.29, 0.717) is 6.61 Å². The van der Waals surface area contributed by atoms with Crippen LogP contribution in [0.15, 0.2) is 12.7 Å². The maximum Gasteiger partial charge on any atom is 0.114 e. The molecule has 0 aromatic carbocycles. The zero-order valence-electron chi connectivity index (χ0n) is 15.7. The molecule has 0 aliphatic carbocycles. The van der Waals surface area contributed by atoms with Gasteiger partial charge in [-0.1, -0.05) is 57.4 Å². The van der Waals surface area contributed by atoms with Crippen LogP contribution in [-0.2, 0) is 9.47 Å². The Hall–Kier alpha value is -0.460. The fraction of sp³-hybridized carbons (Fsp3) is 0.900. The Kier molecular flexibility index (Phi) is 13.3. The highest BCUT2D eigenvalue weighted by molar-refractivity contribution is 4.88. The molecule has 4 atom stereocenters. The van der Waals surface area contributed by atoms with Crippen molar-refractivity contribution < 1.29 is 24.8 Å². The molecule has 25 heavy (non-hydrogen) atoms. The normalized spacial score (nSPS) is 24.5. The summed E-state index contributed by atoms with van der Waals surface area (Å²) in [5, 5.41) is 28.7. The monoisotopic (exact) mass is 358 g/mol. The highest BCUT2D eigenvalue weighted by Crippen LogP contribution is 2.20. The smallest absolute Gasteiger partial charge is 0.114 e. The quantitative estimate of drug-likeness (QED) is 0.292. The molecule has 1 saturated heterocycles. The molecule has 1 rings (SSSR count). The predicted molar refractivity (Wildman–Crippen MR) is 99.6 cm³/mol. The fourth-order valence-corrected chi connectivity index (χ4v) is 3.24. The lowest BCUT2D eigenvalue weighted by Crippen LogP contribution is -2.42. The predicted octanol–water partition coefficient (Wildman–Crippen LogP) is 2.96. The van der Waals surface area contributed by atoms with E-state index < -0.39 is 24.4 Å². The molecule has 0 amide bonds. The summed E-state index contributed by atoms with van der Waals surface area (Å²) in [5.41, 5.74) is 0. The number of allylic oxidation sites excluding steroid dienone is 1. The second-order valence-corrected chi connectivity index (χ2v) is 7.06. The molecule has 0 bridgehead atoms. The van der Waals surface area contributed by atoms with Gasteiger partial charge in [-0.15, -0.1) is 6.58 Å². The number of aliphatic hydroxyl groups excluding tert-OH is 3. The first-order valence-electron chi connectivity index (χ1n) is 10.0. The Balaban J connectivity index is 1.90. The first kappa shape index (κ1) is 22.6. The summed E-state index contributed by atoms with van der Waals surface area (Å²) >= 11 is 0. The van der Waals surface area contributed by atoms with E-state index >= 15 is 0 Å². The van der Waals surface area contributed by atoms with E-state index in [1.165, 1.54) is 51.4 Å². The molecule has 1 aliphatic heterocycles. The van der Waals surface area contributed by atoms with E-state index in [9.17, 15) is 15.3 Å².